The monoisotopic (exact) mass is 1810 g/mol. The number of halogens is 1. The van der Waals surface area contributed by atoms with Crippen molar-refractivity contribution in [2.45, 2.75) is 108 Å². The van der Waals surface area contributed by atoms with Gasteiger partial charge in [-0.05, 0) is 153 Å². The molecule has 3 aliphatic rings. The summed E-state index contributed by atoms with van der Waals surface area (Å²) in [5.41, 5.74) is 6.91. The standard InChI is InChI=1S/C22H24N2O3.C18H15P.C15H14N2.C12H15NO3S.C10H8N2S2.C7H12O4.C5H12O2.C2H2O3.C2H5.BrH.Mg.H2O/c1-22(2)13-26-21(27-14-22)20(25)18-11-10-17(24-18)19(16-9-6-12-23-16)15-7-4-3-5-8-15;1-4-10-16(11-5-1)19(17-12-6-2-7-13-17)18-14-8-3-9-15-18;1-2-6-12(7-3-1)15(13-8-4-10-16-13)14-9-5-11-17-14;1-12(2)7-15-11(16-8-12)10(14)17-9-5-3-4-6-13-9;1-3-7-11-9(5-1)13-14-10-6-2-4-8-12-10;1-7(2)3-10-6(5(8)9)11-4-7;1-5(2,3-6)4-7;3-1-2(4)5;1-2;;;/h3-12,19,21,23-24H,13-14H2,1-2H3;1-15H;1-11,15-17H;3-6,11H,7-8H2,1-2H3;1-8H;6H,3-4H2,1-2H3,(H,8,9);6-7H,3-4H2,1-2H3;1H,(H,4,5);1H2,2H3;1H;;1H2/q;;;;;;;;-1;;+2;/p-1. The van der Waals surface area contributed by atoms with Gasteiger partial charge in [0, 0.05) is 81.6 Å². The van der Waals surface area contributed by atoms with Crippen molar-refractivity contribution in [3.8, 4) is 0 Å². The molecule has 0 spiro atoms. The number of Topliss-reactive ketones (excluding diaryl/α,β-unsaturated/α-hetero) is 1. The van der Waals surface area contributed by atoms with Crippen LogP contribution in [0, 0.1) is 28.6 Å². The fraction of sp³-hybridized carbons (Fsp3) is 0.280. The Morgan fingerprint density at radius 1 is 0.459 bits per heavy atom. The molecule has 122 heavy (non-hydrogen) atoms. The van der Waals surface area contributed by atoms with Crippen LogP contribution in [0.3, 0.4) is 0 Å². The second-order valence-corrected chi connectivity index (χ2v) is 35.2. The molecule has 0 aliphatic carbocycles. The van der Waals surface area contributed by atoms with Crippen LogP contribution in [0.5, 0.6) is 0 Å². The number of carbonyl (C=O) groups is 5. The molecule has 3 fully saturated rings. The molecule has 0 amide bonds. The van der Waals surface area contributed by atoms with Crippen LogP contribution in [-0.2, 0) is 47.6 Å². The minimum Gasteiger partial charge on any atom is -1.00 e. The summed E-state index contributed by atoms with van der Waals surface area (Å²) in [6.07, 6.45) is 8.24. The summed E-state index contributed by atoms with van der Waals surface area (Å²) in [7, 11) is 2.79. The summed E-state index contributed by atoms with van der Waals surface area (Å²) in [4.78, 5) is 78.5. The Morgan fingerprint density at radius 3 is 1.07 bits per heavy atom. The van der Waals surface area contributed by atoms with Crippen molar-refractivity contribution in [3.05, 3.63) is 338 Å². The second kappa shape index (κ2) is 56.0. The number of hydrogen-bond donors (Lipinski definition) is 8. The number of rotatable bonds is 20. The first-order chi connectivity index (χ1) is 57.4. The maximum Gasteiger partial charge on any atom is 2.00 e. The minimum atomic E-state index is -1.43. The number of nitrogens with zero attached hydrogens (tertiary/aromatic N) is 3. The van der Waals surface area contributed by atoms with Gasteiger partial charge in [0.15, 0.2) is 0 Å². The van der Waals surface area contributed by atoms with Crippen LogP contribution >= 0.6 is 41.3 Å². The molecule has 23 nitrogen and oxygen atoms in total. The van der Waals surface area contributed by atoms with Crippen LogP contribution in [0.1, 0.15) is 119 Å². The van der Waals surface area contributed by atoms with Gasteiger partial charge in [-0.3, -0.25) is 14.4 Å². The van der Waals surface area contributed by atoms with Gasteiger partial charge in [0.25, 0.3) is 11.4 Å². The van der Waals surface area contributed by atoms with Gasteiger partial charge in [-0.1, -0.05) is 225 Å². The molecule has 5 aromatic carbocycles. The third-order valence-electron chi connectivity index (χ3n) is 17.0. The first-order valence-electron chi connectivity index (χ1n) is 38.4. The van der Waals surface area contributed by atoms with Gasteiger partial charge in [-0.15, -0.1) is 0 Å². The molecule has 15 rings (SSSR count). The number of thioether (sulfide) groups is 1. The molecule has 29 heteroatoms. The molecule has 0 saturated carbocycles. The topological polar surface area (TPSA) is 355 Å². The molecule has 0 radical (unpaired) electrons. The molecule has 3 aliphatic heterocycles. The van der Waals surface area contributed by atoms with E-state index in [0.29, 0.717) is 50.4 Å². The zero-order chi connectivity index (χ0) is 85.9. The van der Waals surface area contributed by atoms with E-state index in [2.05, 4.69) is 201 Å². The second-order valence-electron chi connectivity index (χ2n) is 29.8. The third-order valence-corrected chi connectivity index (χ3v) is 22.5. The number of ketones is 1. The molecule has 10 N–H and O–H groups in total. The minimum absolute atomic E-state index is 0. The Labute approximate surface area is 754 Å². The van der Waals surface area contributed by atoms with E-state index in [9.17, 15) is 14.4 Å². The number of hydrogen-bond acceptors (Lipinski definition) is 19. The molecule has 1 atom stereocenters. The van der Waals surface area contributed by atoms with E-state index in [4.69, 9.17) is 58.4 Å². The van der Waals surface area contributed by atoms with Gasteiger partial charge < -0.3 is 98.2 Å². The van der Waals surface area contributed by atoms with Crippen LogP contribution in [0.4, 0.5) is 0 Å². The SMILES string of the molecule is CC(C)(CO)CO.CC1(C)COC(C(=O)O)OC1.CC1(C)COC(C(=O)Sc2ccccn2)OC1.CC1(C)COC(C(=O)c2ccc(C(c3ccccc3)c3ccc[nH]3)[nH]2)OC1.O.O=CC(=O)O.[Br-].[CH2-]C.[Mg+2].c1ccc(C(c2ccc[nH]2)c2ccc[nH]2)cc1.c1ccc(P(c2ccccc2)c2ccccc2)cc1.c1ccc(SSc2ccccn2)nc1. The predicted molar refractivity (Wildman–Crippen MR) is 481 cm³/mol. The molecular weight excluding hydrogens is 1700 g/mol. The molecule has 10 heterocycles. The number of ether oxygens (including phenoxy) is 6. The first-order valence-corrected chi connectivity index (χ1v) is 42.7. The fourth-order valence-corrected chi connectivity index (χ4v) is 15.7. The van der Waals surface area contributed by atoms with Crippen molar-refractivity contribution in [3.63, 3.8) is 0 Å². The van der Waals surface area contributed by atoms with E-state index in [1.807, 2.05) is 149 Å². The molecular formula is C93H109BrMgN7O16PS3. The first kappa shape index (κ1) is 105. The summed E-state index contributed by atoms with van der Waals surface area (Å²) in [5.74, 6) is -2.41. The van der Waals surface area contributed by atoms with Crippen molar-refractivity contribution >= 4 is 109 Å². The van der Waals surface area contributed by atoms with E-state index >= 15 is 0 Å². The zero-order valence-corrected chi connectivity index (χ0v) is 76.3. The number of carbonyl (C=O) groups excluding carboxylic acids is 3. The van der Waals surface area contributed by atoms with E-state index in [1.54, 1.807) is 67.0 Å². The Balaban J connectivity index is 0.000000301. The summed E-state index contributed by atoms with van der Waals surface area (Å²) in [6, 6.07) is 86.4. The number of benzene rings is 5. The van der Waals surface area contributed by atoms with Gasteiger partial charge >= 0.3 is 35.0 Å². The van der Waals surface area contributed by atoms with Gasteiger partial charge in [-0.25, -0.2) is 24.5 Å². The number of aromatic amines is 4. The number of pyridine rings is 3. The normalized spacial score (nSPS) is 14.4. The molecule has 0 bridgehead atoms. The number of aliphatic carboxylic acids is 2. The number of aliphatic hydroxyl groups is 2. The Bertz CT molecular complexity index is 4600. The van der Waals surface area contributed by atoms with Crippen LogP contribution in [0.15, 0.2) is 307 Å². The maximum absolute atomic E-state index is 12.8. The number of carboxylic acids is 2. The molecule has 3 saturated heterocycles. The molecule has 644 valence electrons. The average Bonchev–Trinajstić information content (AvgIpc) is 1.47. The van der Waals surface area contributed by atoms with Crippen molar-refractivity contribution in [1.29, 1.82) is 0 Å². The Morgan fingerprint density at radius 2 is 0.770 bits per heavy atom. The van der Waals surface area contributed by atoms with Crippen LogP contribution in [-0.4, -0.2) is 185 Å². The molecule has 7 aromatic heterocycles. The van der Waals surface area contributed by atoms with E-state index in [1.165, 1.54) is 32.9 Å². The van der Waals surface area contributed by atoms with Gasteiger partial charge in [0.05, 0.1) is 70.4 Å². The zero-order valence-electron chi connectivity index (χ0n) is 69.9. The summed E-state index contributed by atoms with van der Waals surface area (Å²) in [6.45, 7) is 23.8. The van der Waals surface area contributed by atoms with E-state index < -0.39 is 38.7 Å². The third kappa shape index (κ3) is 37.2. The summed E-state index contributed by atoms with van der Waals surface area (Å²) in [5, 5.41) is 39.4. The van der Waals surface area contributed by atoms with Crippen molar-refractivity contribution in [2.75, 3.05) is 52.9 Å². The van der Waals surface area contributed by atoms with Gasteiger partial charge in [0.1, 0.15) is 15.1 Å². The molecule has 12 aromatic rings. The van der Waals surface area contributed by atoms with Gasteiger partial charge in [-0.2, -0.15) is 6.92 Å². The smallest absolute Gasteiger partial charge is 1.00 e. The van der Waals surface area contributed by atoms with Crippen molar-refractivity contribution < 1.29 is 95.3 Å². The summed E-state index contributed by atoms with van der Waals surface area (Å²) < 4.78 is 32.0. The number of carboxylic acid groups (broad SMARTS) is 2. The van der Waals surface area contributed by atoms with Crippen molar-refractivity contribution in [2.24, 2.45) is 21.7 Å². The van der Waals surface area contributed by atoms with Crippen LogP contribution in [0.25, 0.3) is 0 Å². The quantitative estimate of drug-likeness (QED) is 0.00513. The van der Waals surface area contributed by atoms with Crippen molar-refractivity contribution in [1.82, 2.24) is 34.9 Å². The Kier molecular flexibility index (Phi) is 48.3. The largest absolute Gasteiger partial charge is 2.00 e. The van der Waals surface area contributed by atoms with Crippen LogP contribution < -0.4 is 32.9 Å². The Hall–Kier alpha value is -9.01. The summed E-state index contributed by atoms with van der Waals surface area (Å²) >= 11 is 1.05. The number of aldehydes is 1. The van der Waals surface area contributed by atoms with E-state index in [0.717, 1.165) is 38.8 Å². The number of aromatic nitrogens is 7. The predicted octanol–water partition coefficient (Wildman–Crippen LogP) is 12.8. The number of H-pyrrole nitrogens is 4. The average molecular weight is 1810 g/mol. The fourth-order valence-electron chi connectivity index (χ4n) is 10.9. The van der Waals surface area contributed by atoms with Crippen LogP contribution in [0.2, 0.25) is 0 Å². The number of aliphatic hydroxyl groups excluding tert-OH is 2. The molecule has 1 unspecified atom stereocenters. The van der Waals surface area contributed by atoms with Gasteiger partial charge in [0.2, 0.25) is 24.6 Å². The van der Waals surface area contributed by atoms with E-state index in [-0.39, 0.29) is 109 Å². The number of nitrogens with one attached hydrogen (secondary N) is 4. The maximum atomic E-state index is 12.8.